The number of fused-ring (bicyclic) bond motifs is 1. The van der Waals surface area contributed by atoms with E-state index in [1.165, 1.54) is 30.2 Å². The minimum atomic E-state index is -4.65. The molecule has 1 heterocycles. The SMILES string of the molecule is COc1cc(C(F)(F)C(NS(=O)(=O)c2ccc3cc(OC4CCCC4)ccc3c2)C(=O)N2CCC(NC(=O)OC(C)(C)C)CC2)ccc1Br. The molecule has 3 aromatic rings. The maximum atomic E-state index is 16.5. The number of methoxy groups -OCH3 is 1. The molecule has 1 aliphatic carbocycles. The lowest BCUT2D eigenvalue weighted by Crippen LogP contribution is -2.58. The average molecular weight is 767 g/mol. The van der Waals surface area contributed by atoms with Crippen molar-refractivity contribution in [3.8, 4) is 11.5 Å². The third-order valence-electron chi connectivity index (χ3n) is 8.64. The Kier molecular flexibility index (Phi) is 11.1. The van der Waals surface area contributed by atoms with Gasteiger partial charge in [0.25, 0.3) is 5.92 Å². The van der Waals surface area contributed by atoms with Crippen LogP contribution in [0.4, 0.5) is 13.6 Å². The lowest BCUT2D eigenvalue weighted by molar-refractivity contribution is -0.145. The highest BCUT2D eigenvalue weighted by Crippen LogP contribution is 2.38. The maximum Gasteiger partial charge on any atom is 0.407 e. The van der Waals surface area contributed by atoms with Gasteiger partial charge in [-0.15, -0.1) is 0 Å². The molecule has 2 fully saturated rings. The number of nitrogens with one attached hydrogen (secondary N) is 2. The maximum absolute atomic E-state index is 16.5. The number of benzene rings is 3. The van der Waals surface area contributed by atoms with Crippen molar-refractivity contribution in [2.24, 2.45) is 0 Å². The zero-order valence-electron chi connectivity index (χ0n) is 27.9. The van der Waals surface area contributed by atoms with Gasteiger partial charge in [0.05, 0.1) is 22.6 Å². The summed E-state index contributed by atoms with van der Waals surface area (Å²) < 4.78 is 79.5. The number of hydrogen-bond donors (Lipinski definition) is 2. The fraction of sp³-hybridized carbons (Fsp3) is 0.486. The van der Waals surface area contributed by atoms with Gasteiger partial charge in [0.2, 0.25) is 15.9 Å². The number of nitrogens with zero attached hydrogens (tertiary/aromatic N) is 1. The first-order chi connectivity index (χ1) is 23.1. The highest BCUT2D eigenvalue weighted by molar-refractivity contribution is 9.10. The van der Waals surface area contributed by atoms with Crippen molar-refractivity contribution >= 4 is 48.7 Å². The number of halogens is 3. The summed E-state index contributed by atoms with van der Waals surface area (Å²) >= 11 is 3.25. The van der Waals surface area contributed by atoms with Crippen LogP contribution >= 0.6 is 15.9 Å². The minimum absolute atomic E-state index is 0.0124. The van der Waals surface area contributed by atoms with Gasteiger partial charge < -0.3 is 24.4 Å². The van der Waals surface area contributed by atoms with Gasteiger partial charge >= 0.3 is 6.09 Å². The monoisotopic (exact) mass is 765 g/mol. The van der Waals surface area contributed by atoms with Crippen LogP contribution in [0.5, 0.6) is 11.5 Å². The molecule has 1 atom stereocenters. The number of ether oxygens (including phenoxy) is 3. The lowest BCUT2D eigenvalue weighted by atomic mass is 9.98. The van der Waals surface area contributed by atoms with Crippen LogP contribution in [0.15, 0.2) is 64.0 Å². The molecule has 5 rings (SSSR count). The summed E-state index contributed by atoms with van der Waals surface area (Å²) in [5.41, 5.74) is -1.31. The Morgan fingerprint density at radius 1 is 0.939 bits per heavy atom. The van der Waals surface area contributed by atoms with Gasteiger partial charge in [0.15, 0.2) is 6.04 Å². The van der Waals surface area contributed by atoms with E-state index in [2.05, 4.69) is 26.0 Å². The van der Waals surface area contributed by atoms with E-state index in [0.717, 1.165) is 43.2 Å². The second-order valence-electron chi connectivity index (χ2n) is 13.5. The standard InChI is InChI=1S/C35H42BrF2N3O7S/c1-34(2,3)48-33(43)39-25-15-17-41(18-16-25)32(42)31(35(37,38)24-11-14-29(36)30(21-24)46-4)40-49(44,45)28-13-10-22-19-27(12-9-23(22)20-28)47-26-7-5-6-8-26/h9-14,19-21,25-26,31,40H,5-8,15-18H2,1-4H3,(H,39,43). The number of carbonyl (C=O) groups excluding carboxylic acids is 2. The molecular weight excluding hydrogens is 724 g/mol. The van der Waals surface area contributed by atoms with Crippen LogP contribution in [-0.4, -0.2) is 69.3 Å². The Morgan fingerprint density at radius 3 is 2.24 bits per heavy atom. The van der Waals surface area contributed by atoms with Crippen LogP contribution in [0.3, 0.4) is 0 Å². The highest BCUT2D eigenvalue weighted by atomic mass is 79.9. The summed E-state index contributed by atoms with van der Waals surface area (Å²) in [6, 6.07) is 10.3. The number of piperidine rings is 1. The number of alkyl halides is 2. The van der Waals surface area contributed by atoms with Gasteiger partial charge in [-0.3, -0.25) is 4.79 Å². The summed E-state index contributed by atoms with van der Waals surface area (Å²) in [6.07, 6.45) is 4.26. The van der Waals surface area contributed by atoms with Gasteiger partial charge in [-0.1, -0.05) is 18.2 Å². The molecule has 0 aromatic heterocycles. The van der Waals surface area contributed by atoms with Gasteiger partial charge in [-0.2, -0.15) is 13.5 Å². The van der Waals surface area contributed by atoms with Gasteiger partial charge in [0.1, 0.15) is 17.1 Å². The molecule has 1 unspecified atom stereocenters. The summed E-state index contributed by atoms with van der Waals surface area (Å²) in [5, 5.41) is 4.03. The number of likely N-dealkylation sites (tertiary alicyclic amines) is 1. The van der Waals surface area contributed by atoms with Crippen molar-refractivity contribution in [1.82, 2.24) is 14.9 Å². The molecule has 1 saturated carbocycles. The van der Waals surface area contributed by atoms with Crippen molar-refractivity contribution in [2.75, 3.05) is 20.2 Å². The molecule has 0 spiro atoms. The summed E-state index contributed by atoms with van der Waals surface area (Å²) in [7, 11) is -3.33. The van der Waals surface area contributed by atoms with Crippen molar-refractivity contribution in [3.63, 3.8) is 0 Å². The quantitative estimate of drug-likeness (QED) is 0.231. The number of amides is 2. The van der Waals surface area contributed by atoms with Crippen molar-refractivity contribution in [3.05, 3.63) is 64.6 Å². The Hall–Kier alpha value is -3.49. The second kappa shape index (κ2) is 14.8. The van der Waals surface area contributed by atoms with Crippen LogP contribution in [0.2, 0.25) is 0 Å². The first-order valence-electron chi connectivity index (χ1n) is 16.3. The number of rotatable bonds is 10. The van der Waals surface area contributed by atoms with Crippen LogP contribution < -0.4 is 19.5 Å². The molecule has 266 valence electrons. The minimum Gasteiger partial charge on any atom is -0.496 e. The van der Waals surface area contributed by atoms with E-state index in [4.69, 9.17) is 14.2 Å². The molecule has 14 heteroatoms. The van der Waals surface area contributed by atoms with Crippen molar-refractivity contribution in [2.45, 2.75) is 93.9 Å². The molecule has 2 amide bonds. The molecule has 49 heavy (non-hydrogen) atoms. The Morgan fingerprint density at radius 2 is 1.59 bits per heavy atom. The summed E-state index contributed by atoms with van der Waals surface area (Å²) in [6.45, 7) is 5.22. The van der Waals surface area contributed by atoms with Crippen molar-refractivity contribution < 1.29 is 41.0 Å². The third-order valence-corrected chi connectivity index (χ3v) is 10.7. The molecule has 1 aliphatic heterocycles. The zero-order chi connectivity index (χ0) is 35.6. The number of hydrogen-bond acceptors (Lipinski definition) is 7. The Balaban J connectivity index is 1.39. The van der Waals surface area contributed by atoms with Crippen LogP contribution in [0.1, 0.15) is 64.9 Å². The second-order valence-corrected chi connectivity index (χ2v) is 16.0. The fourth-order valence-corrected chi connectivity index (χ4v) is 7.71. The van der Waals surface area contributed by atoms with Gasteiger partial charge in [0, 0.05) is 24.7 Å². The van der Waals surface area contributed by atoms with Gasteiger partial charge in [-0.25, -0.2) is 13.2 Å². The van der Waals surface area contributed by atoms with Crippen molar-refractivity contribution in [1.29, 1.82) is 0 Å². The third kappa shape index (κ3) is 9.01. The predicted octanol–water partition coefficient (Wildman–Crippen LogP) is 6.89. The molecule has 3 aromatic carbocycles. The fourth-order valence-electron chi connectivity index (χ4n) is 6.08. The van der Waals surface area contributed by atoms with Crippen LogP contribution in [0.25, 0.3) is 10.8 Å². The van der Waals surface area contributed by atoms with Crippen LogP contribution in [-0.2, 0) is 25.5 Å². The van der Waals surface area contributed by atoms with E-state index in [1.54, 1.807) is 39.0 Å². The topological polar surface area (TPSA) is 123 Å². The molecule has 10 nitrogen and oxygen atoms in total. The summed E-state index contributed by atoms with van der Waals surface area (Å²) in [4.78, 5) is 27.1. The largest absolute Gasteiger partial charge is 0.496 e. The van der Waals surface area contributed by atoms with E-state index in [-0.39, 0.29) is 48.7 Å². The average Bonchev–Trinajstić information content (AvgIpc) is 3.55. The Labute approximate surface area is 294 Å². The molecule has 2 aliphatic rings. The smallest absolute Gasteiger partial charge is 0.407 e. The Bertz CT molecular complexity index is 1790. The van der Waals surface area contributed by atoms with E-state index >= 15 is 8.78 Å². The molecule has 0 radical (unpaired) electrons. The summed E-state index contributed by atoms with van der Waals surface area (Å²) in [5.74, 6) is -4.33. The normalized spacial score (nSPS) is 17.2. The molecule has 0 bridgehead atoms. The number of sulfonamides is 1. The van der Waals surface area contributed by atoms with Crippen LogP contribution in [0, 0.1) is 0 Å². The van der Waals surface area contributed by atoms with E-state index in [9.17, 15) is 18.0 Å². The van der Waals surface area contributed by atoms with E-state index in [0.29, 0.717) is 15.6 Å². The number of alkyl carbamates (subject to hydrolysis) is 1. The molecule has 2 N–H and O–H groups in total. The van der Waals surface area contributed by atoms with E-state index in [1.807, 2.05) is 6.07 Å². The first kappa shape index (κ1) is 36.8. The highest BCUT2D eigenvalue weighted by Gasteiger charge is 2.50. The first-order valence-corrected chi connectivity index (χ1v) is 18.6. The number of carbonyl (C=O) groups is 2. The zero-order valence-corrected chi connectivity index (χ0v) is 30.3. The molecule has 1 saturated heterocycles. The predicted molar refractivity (Wildman–Crippen MR) is 185 cm³/mol. The molecular formula is C35H42BrF2N3O7S. The van der Waals surface area contributed by atoms with Gasteiger partial charge in [-0.05, 0) is 122 Å². The lowest BCUT2D eigenvalue weighted by Gasteiger charge is -2.36. The van der Waals surface area contributed by atoms with E-state index < -0.39 is 45.2 Å².